The van der Waals surface area contributed by atoms with Crippen LogP contribution in [0.2, 0.25) is 5.02 Å². The van der Waals surface area contributed by atoms with Gasteiger partial charge < -0.3 is 4.74 Å². The molecule has 0 N–H and O–H groups in total. The number of nitro benzene ring substituents is 1. The summed E-state index contributed by atoms with van der Waals surface area (Å²) in [7, 11) is 0. The number of fused-ring (bicyclic) bond motifs is 2. The Bertz CT molecular complexity index is 660. The van der Waals surface area contributed by atoms with Gasteiger partial charge in [-0.25, -0.2) is 0 Å². The summed E-state index contributed by atoms with van der Waals surface area (Å²) in [5.41, 5.74) is 0.0996. The van der Waals surface area contributed by atoms with Crippen molar-refractivity contribution >= 4 is 17.3 Å². The SMILES string of the molecule is O=[N+]([O-])c1ccc2c(c1)[I+]c1cc(Cl)ccc1O2. The molecule has 0 unspecified atom stereocenters. The molecule has 2 aromatic carbocycles. The van der Waals surface area contributed by atoms with Gasteiger partial charge in [0.2, 0.25) is 7.14 Å². The van der Waals surface area contributed by atoms with Crippen LogP contribution in [-0.4, -0.2) is 4.92 Å². The number of non-ortho nitro benzene ring substituents is 1. The number of ether oxygens (including phenoxy) is 1. The van der Waals surface area contributed by atoms with Gasteiger partial charge in [0.05, 0.1) is 11.0 Å². The molecule has 0 radical (unpaired) electrons. The Hall–Kier alpha value is -1.34. The lowest BCUT2D eigenvalue weighted by molar-refractivity contribution is -0.603. The minimum absolute atomic E-state index is 0.0996. The van der Waals surface area contributed by atoms with Crippen molar-refractivity contribution in [3.05, 3.63) is 58.7 Å². The van der Waals surface area contributed by atoms with Crippen molar-refractivity contribution in [2.45, 2.75) is 0 Å². The molecule has 3 rings (SSSR count). The van der Waals surface area contributed by atoms with E-state index in [2.05, 4.69) is 0 Å². The Morgan fingerprint density at radius 1 is 1.11 bits per heavy atom. The number of hydrogen-bond donors (Lipinski definition) is 0. The van der Waals surface area contributed by atoms with Crippen molar-refractivity contribution < 1.29 is 30.9 Å². The van der Waals surface area contributed by atoms with Crippen molar-refractivity contribution in [3.8, 4) is 11.5 Å². The largest absolute Gasteiger partial charge is 0.448 e. The number of rotatable bonds is 1. The molecule has 1 heterocycles. The second-order valence-corrected chi connectivity index (χ2v) is 6.94. The Balaban J connectivity index is 2.05. The maximum atomic E-state index is 10.7. The van der Waals surface area contributed by atoms with Gasteiger partial charge in [0.15, 0.2) is 11.5 Å². The number of benzene rings is 2. The molecule has 0 spiro atoms. The van der Waals surface area contributed by atoms with E-state index in [-0.39, 0.29) is 5.69 Å². The fraction of sp³-hybridized carbons (Fsp3) is 0. The zero-order chi connectivity index (χ0) is 12.7. The van der Waals surface area contributed by atoms with E-state index in [1.54, 1.807) is 18.2 Å². The summed E-state index contributed by atoms with van der Waals surface area (Å²) in [5.74, 6) is 1.51. The third kappa shape index (κ3) is 2.04. The molecular formula is C12H6ClINO3+. The number of nitro groups is 1. The standard InChI is InChI=1S/C12H6ClINO3/c13-7-1-3-11-9(5-7)14-10-6-8(15(16)17)2-4-12(10)18-11/h1-6H/q+1. The molecule has 0 aliphatic carbocycles. The second kappa shape index (κ2) is 4.40. The third-order valence-corrected chi connectivity index (χ3v) is 5.53. The Kier molecular flexibility index (Phi) is 2.87. The molecular weight excluding hydrogens is 368 g/mol. The van der Waals surface area contributed by atoms with E-state index >= 15 is 0 Å². The maximum Gasteiger partial charge on any atom is 0.366 e. The molecule has 1 aliphatic rings. The van der Waals surface area contributed by atoms with Gasteiger partial charge >= 0.3 is 21.2 Å². The van der Waals surface area contributed by atoms with Crippen LogP contribution in [0.15, 0.2) is 36.4 Å². The number of halogens is 2. The molecule has 90 valence electrons. The molecule has 0 saturated heterocycles. The molecule has 6 heteroatoms. The van der Waals surface area contributed by atoms with E-state index in [1.165, 1.54) is 6.07 Å². The Labute approximate surface area is 118 Å². The lowest BCUT2D eigenvalue weighted by atomic mass is 10.3. The molecule has 0 fully saturated rings. The summed E-state index contributed by atoms with van der Waals surface area (Å²) in [4.78, 5) is 10.4. The molecule has 1 aliphatic heterocycles. The van der Waals surface area contributed by atoms with Gasteiger partial charge in [-0.3, -0.25) is 10.1 Å². The predicted molar refractivity (Wildman–Crippen MR) is 62.0 cm³/mol. The zero-order valence-corrected chi connectivity index (χ0v) is 11.8. The normalized spacial score (nSPS) is 12.3. The highest BCUT2D eigenvalue weighted by molar-refractivity contribution is 6.30. The summed E-state index contributed by atoms with van der Waals surface area (Å²) < 4.78 is 7.68. The first-order valence-electron chi connectivity index (χ1n) is 5.04. The molecule has 0 saturated carbocycles. The first-order chi connectivity index (χ1) is 8.63. The monoisotopic (exact) mass is 374 g/mol. The number of nitrogens with zero attached hydrogens (tertiary/aromatic N) is 1. The second-order valence-electron chi connectivity index (χ2n) is 3.64. The van der Waals surface area contributed by atoms with Crippen molar-refractivity contribution in [2.24, 2.45) is 0 Å². The van der Waals surface area contributed by atoms with Crippen molar-refractivity contribution in [1.82, 2.24) is 0 Å². The van der Waals surface area contributed by atoms with E-state index in [0.29, 0.717) is 10.8 Å². The number of hydrogen-bond acceptors (Lipinski definition) is 3. The summed E-state index contributed by atoms with van der Waals surface area (Å²) in [6.45, 7) is 0. The molecule has 2 aromatic rings. The quantitative estimate of drug-likeness (QED) is 0.354. The van der Waals surface area contributed by atoms with Crippen LogP contribution in [0.5, 0.6) is 11.5 Å². The molecule has 18 heavy (non-hydrogen) atoms. The van der Waals surface area contributed by atoms with Crippen LogP contribution in [0, 0.1) is 17.3 Å². The Morgan fingerprint density at radius 3 is 2.50 bits per heavy atom. The summed E-state index contributed by atoms with van der Waals surface area (Å²) >= 11 is 5.44. The molecule has 4 nitrogen and oxygen atoms in total. The van der Waals surface area contributed by atoms with Gasteiger partial charge in [-0.1, -0.05) is 11.6 Å². The fourth-order valence-corrected chi connectivity index (χ4v) is 4.68. The van der Waals surface area contributed by atoms with Crippen LogP contribution in [0.3, 0.4) is 0 Å². The minimum atomic E-state index is -0.498. The molecule has 0 amide bonds. The summed E-state index contributed by atoms with van der Waals surface area (Å²) in [5, 5.41) is 11.4. The molecule has 0 bridgehead atoms. The first kappa shape index (κ1) is 11.7. The highest BCUT2D eigenvalue weighted by Gasteiger charge is 2.33. The van der Waals surface area contributed by atoms with Crippen molar-refractivity contribution in [1.29, 1.82) is 0 Å². The van der Waals surface area contributed by atoms with Crippen LogP contribution in [0.25, 0.3) is 0 Å². The fourth-order valence-electron chi connectivity index (χ4n) is 1.62. The molecule has 0 atom stereocenters. The van der Waals surface area contributed by atoms with Gasteiger partial charge in [0.25, 0.3) is 5.69 Å². The van der Waals surface area contributed by atoms with Gasteiger partial charge in [0, 0.05) is 17.2 Å². The van der Waals surface area contributed by atoms with E-state index in [9.17, 15) is 10.1 Å². The van der Waals surface area contributed by atoms with Crippen LogP contribution in [-0.2, 0) is 0 Å². The predicted octanol–water partition coefficient (Wildman–Crippen LogP) is 0.482. The smallest absolute Gasteiger partial charge is 0.366 e. The van der Waals surface area contributed by atoms with Gasteiger partial charge in [-0.05, 0) is 18.2 Å². The maximum absolute atomic E-state index is 10.7. The van der Waals surface area contributed by atoms with Crippen LogP contribution in [0.4, 0.5) is 5.69 Å². The summed E-state index contributed by atoms with van der Waals surface area (Å²) in [6, 6.07) is 10.2. The van der Waals surface area contributed by atoms with E-state index < -0.39 is 26.1 Å². The van der Waals surface area contributed by atoms with Crippen LogP contribution >= 0.6 is 11.6 Å². The average molecular weight is 375 g/mol. The first-order valence-corrected chi connectivity index (χ1v) is 7.58. The van der Waals surface area contributed by atoms with Crippen LogP contribution in [0.1, 0.15) is 0 Å². The Morgan fingerprint density at radius 2 is 1.78 bits per heavy atom. The summed E-state index contributed by atoms with van der Waals surface area (Å²) in [6.07, 6.45) is 0. The van der Waals surface area contributed by atoms with Crippen LogP contribution < -0.4 is 25.9 Å². The van der Waals surface area contributed by atoms with Crippen molar-refractivity contribution in [3.63, 3.8) is 0 Å². The highest BCUT2D eigenvalue weighted by atomic mass is 127. The topological polar surface area (TPSA) is 52.4 Å². The average Bonchev–Trinajstić information content (AvgIpc) is 2.35. The molecule has 0 aromatic heterocycles. The third-order valence-electron chi connectivity index (χ3n) is 2.44. The van der Waals surface area contributed by atoms with Gasteiger partial charge in [-0.15, -0.1) is 0 Å². The van der Waals surface area contributed by atoms with Gasteiger partial charge in [-0.2, -0.15) is 0 Å². The van der Waals surface area contributed by atoms with Gasteiger partial charge in [0.1, 0.15) is 0 Å². The highest BCUT2D eigenvalue weighted by Crippen LogP contribution is 2.27. The lowest BCUT2D eigenvalue weighted by Gasteiger charge is -2.10. The van der Waals surface area contributed by atoms with Crippen molar-refractivity contribution in [2.75, 3.05) is 0 Å². The van der Waals surface area contributed by atoms with E-state index in [0.717, 1.165) is 12.9 Å². The lowest BCUT2D eigenvalue weighted by Crippen LogP contribution is -3.61. The zero-order valence-electron chi connectivity index (χ0n) is 8.89. The van der Waals surface area contributed by atoms with E-state index in [4.69, 9.17) is 16.3 Å². The minimum Gasteiger partial charge on any atom is -0.448 e. The van der Waals surface area contributed by atoms with E-state index in [1.807, 2.05) is 12.1 Å².